The number of rotatable bonds is 6. The monoisotopic (exact) mass is 458 g/mol. The molecule has 0 spiro atoms. The lowest BCUT2D eigenvalue weighted by atomic mass is 10.2. The summed E-state index contributed by atoms with van der Waals surface area (Å²) in [5.74, 6) is 0.670. The van der Waals surface area contributed by atoms with Gasteiger partial charge in [0.15, 0.2) is 5.76 Å². The number of benzene rings is 2. The van der Waals surface area contributed by atoms with Crippen LogP contribution in [0.2, 0.25) is 0 Å². The van der Waals surface area contributed by atoms with E-state index in [9.17, 15) is 8.42 Å². The van der Waals surface area contributed by atoms with Gasteiger partial charge in [0, 0.05) is 11.0 Å². The first kappa shape index (κ1) is 18.5. The van der Waals surface area contributed by atoms with Crippen molar-refractivity contribution >= 4 is 31.9 Å². The standard InChI is InChI=1S/C19H15BrN4O3S/c20-15-7-4-6-14(12-15)13-21-19-22-18(17-10-5-11-27-17)23-24(19)28(25,26)16-8-2-1-3-9-16/h1-12H,13H2,(H,21,22,23). The molecule has 0 saturated heterocycles. The molecule has 0 aliphatic carbocycles. The second-order valence-corrected chi connectivity index (χ2v) is 8.56. The topological polar surface area (TPSA) is 90.0 Å². The molecule has 0 atom stereocenters. The molecular weight excluding hydrogens is 444 g/mol. The van der Waals surface area contributed by atoms with Crippen LogP contribution in [0.3, 0.4) is 0 Å². The Labute approximate surface area is 170 Å². The van der Waals surface area contributed by atoms with Crippen molar-refractivity contribution in [1.82, 2.24) is 14.2 Å². The van der Waals surface area contributed by atoms with Gasteiger partial charge in [0.25, 0.3) is 10.0 Å². The molecule has 4 rings (SSSR count). The Bertz CT molecular complexity index is 1190. The summed E-state index contributed by atoms with van der Waals surface area (Å²) in [6, 6.07) is 19.2. The lowest BCUT2D eigenvalue weighted by molar-refractivity contribution is 0.573. The highest BCUT2D eigenvalue weighted by Gasteiger charge is 2.25. The number of hydrogen-bond acceptors (Lipinski definition) is 6. The molecule has 9 heteroatoms. The maximum atomic E-state index is 13.1. The highest BCUT2D eigenvalue weighted by molar-refractivity contribution is 9.10. The van der Waals surface area contributed by atoms with Crippen LogP contribution in [0.1, 0.15) is 5.56 Å². The fourth-order valence-corrected chi connectivity index (χ4v) is 4.27. The van der Waals surface area contributed by atoms with E-state index in [1.807, 2.05) is 24.3 Å². The van der Waals surface area contributed by atoms with Crippen molar-refractivity contribution in [1.29, 1.82) is 0 Å². The van der Waals surface area contributed by atoms with Crippen LogP contribution in [0.25, 0.3) is 11.6 Å². The number of nitrogens with one attached hydrogen (secondary N) is 1. The van der Waals surface area contributed by atoms with Gasteiger partial charge in [-0.3, -0.25) is 0 Å². The van der Waals surface area contributed by atoms with Gasteiger partial charge >= 0.3 is 0 Å². The average molecular weight is 459 g/mol. The van der Waals surface area contributed by atoms with Gasteiger partial charge in [0.1, 0.15) is 0 Å². The van der Waals surface area contributed by atoms with Gasteiger partial charge in [-0.1, -0.05) is 46.3 Å². The van der Waals surface area contributed by atoms with Gasteiger partial charge in [-0.15, -0.1) is 9.19 Å². The second-order valence-electron chi connectivity index (χ2n) is 5.88. The highest BCUT2D eigenvalue weighted by atomic mass is 79.9. The molecule has 4 aromatic rings. The van der Waals surface area contributed by atoms with E-state index in [0.29, 0.717) is 12.3 Å². The third-order valence-electron chi connectivity index (χ3n) is 3.93. The number of aromatic nitrogens is 3. The van der Waals surface area contributed by atoms with E-state index >= 15 is 0 Å². The molecule has 0 radical (unpaired) electrons. The van der Waals surface area contributed by atoms with Crippen LogP contribution in [0.15, 0.2) is 86.8 Å². The highest BCUT2D eigenvalue weighted by Crippen LogP contribution is 2.23. The summed E-state index contributed by atoms with van der Waals surface area (Å²) in [4.78, 5) is 4.46. The van der Waals surface area contributed by atoms with Gasteiger partial charge in [-0.2, -0.15) is 13.4 Å². The number of hydrogen-bond donors (Lipinski definition) is 1. The average Bonchev–Trinajstić information content (AvgIpc) is 3.37. The Hall–Kier alpha value is -2.91. The molecule has 0 saturated carbocycles. The molecule has 28 heavy (non-hydrogen) atoms. The van der Waals surface area contributed by atoms with Gasteiger partial charge in [0.2, 0.25) is 11.8 Å². The summed E-state index contributed by atoms with van der Waals surface area (Å²) < 4.78 is 33.3. The van der Waals surface area contributed by atoms with E-state index in [1.54, 1.807) is 30.3 Å². The van der Waals surface area contributed by atoms with Crippen molar-refractivity contribution in [3.8, 4) is 11.6 Å². The lowest BCUT2D eigenvalue weighted by Gasteiger charge is -2.09. The Kier molecular flexibility index (Phi) is 5.01. The number of furan rings is 1. The molecule has 1 N–H and O–H groups in total. The normalized spacial score (nSPS) is 11.5. The van der Waals surface area contributed by atoms with Crippen molar-refractivity contribution in [3.63, 3.8) is 0 Å². The van der Waals surface area contributed by atoms with Crippen LogP contribution in [0.4, 0.5) is 5.95 Å². The number of nitrogens with zero attached hydrogens (tertiary/aromatic N) is 3. The van der Waals surface area contributed by atoms with E-state index in [-0.39, 0.29) is 16.7 Å². The Morgan fingerprint density at radius 3 is 2.57 bits per heavy atom. The summed E-state index contributed by atoms with van der Waals surface area (Å²) >= 11 is 3.43. The summed E-state index contributed by atoms with van der Waals surface area (Å²) in [6.07, 6.45) is 1.48. The second kappa shape index (κ2) is 7.61. The molecule has 0 amide bonds. The first-order chi connectivity index (χ1) is 13.5. The van der Waals surface area contributed by atoms with Gasteiger partial charge in [-0.05, 0) is 42.0 Å². The minimum absolute atomic E-state index is 0.107. The Morgan fingerprint density at radius 2 is 1.86 bits per heavy atom. The SMILES string of the molecule is O=S(=O)(c1ccccc1)n1nc(-c2ccco2)nc1NCc1cccc(Br)c1. The van der Waals surface area contributed by atoms with E-state index < -0.39 is 10.0 Å². The predicted octanol–water partition coefficient (Wildman–Crippen LogP) is 4.15. The van der Waals surface area contributed by atoms with Crippen LogP contribution in [-0.2, 0) is 16.6 Å². The molecule has 7 nitrogen and oxygen atoms in total. The van der Waals surface area contributed by atoms with Crippen molar-refractivity contribution < 1.29 is 12.8 Å². The molecule has 142 valence electrons. The maximum absolute atomic E-state index is 13.1. The fourth-order valence-electron chi connectivity index (χ4n) is 2.60. The molecule has 0 aliphatic heterocycles. The quantitative estimate of drug-likeness (QED) is 0.466. The smallest absolute Gasteiger partial charge is 0.286 e. The zero-order valence-corrected chi connectivity index (χ0v) is 16.9. The maximum Gasteiger partial charge on any atom is 0.286 e. The molecule has 0 fully saturated rings. The van der Waals surface area contributed by atoms with Crippen LogP contribution in [0, 0.1) is 0 Å². The van der Waals surface area contributed by atoms with Gasteiger partial charge in [-0.25, -0.2) is 0 Å². The van der Waals surface area contributed by atoms with Crippen LogP contribution in [0.5, 0.6) is 0 Å². The Balaban J connectivity index is 1.74. The van der Waals surface area contributed by atoms with E-state index in [4.69, 9.17) is 4.42 Å². The lowest BCUT2D eigenvalue weighted by Crippen LogP contribution is -2.18. The van der Waals surface area contributed by atoms with Crippen molar-refractivity contribution in [2.75, 3.05) is 5.32 Å². The minimum atomic E-state index is -3.92. The first-order valence-electron chi connectivity index (χ1n) is 8.34. The molecule has 2 aromatic carbocycles. The van der Waals surface area contributed by atoms with Crippen molar-refractivity contribution in [3.05, 3.63) is 83.0 Å². The summed E-state index contributed by atoms with van der Waals surface area (Å²) in [7, 11) is -3.92. The number of halogens is 1. The Morgan fingerprint density at radius 1 is 1.04 bits per heavy atom. The van der Waals surface area contributed by atoms with Gasteiger partial charge in [0.05, 0.1) is 11.2 Å². The molecule has 0 unspecified atom stereocenters. The molecule has 0 bridgehead atoms. The fraction of sp³-hybridized carbons (Fsp3) is 0.0526. The van der Waals surface area contributed by atoms with Crippen LogP contribution >= 0.6 is 15.9 Å². The zero-order valence-electron chi connectivity index (χ0n) is 14.5. The van der Waals surface area contributed by atoms with Crippen molar-refractivity contribution in [2.45, 2.75) is 11.4 Å². The van der Waals surface area contributed by atoms with E-state index in [0.717, 1.165) is 14.1 Å². The van der Waals surface area contributed by atoms with E-state index in [2.05, 4.69) is 31.3 Å². The molecule has 2 aromatic heterocycles. The summed E-state index contributed by atoms with van der Waals surface area (Å²) in [5, 5.41) is 7.25. The zero-order chi connectivity index (χ0) is 19.6. The predicted molar refractivity (Wildman–Crippen MR) is 108 cm³/mol. The third kappa shape index (κ3) is 3.71. The van der Waals surface area contributed by atoms with Crippen molar-refractivity contribution in [2.24, 2.45) is 0 Å². The van der Waals surface area contributed by atoms with Crippen LogP contribution in [-0.4, -0.2) is 22.6 Å². The number of anilines is 1. The first-order valence-corrected chi connectivity index (χ1v) is 10.6. The molecular formula is C19H15BrN4O3S. The molecule has 0 aliphatic rings. The summed E-state index contributed by atoms with van der Waals surface area (Å²) in [6.45, 7) is 0.375. The van der Waals surface area contributed by atoms with Gasteiger partial charge < -0.3 is 9.73 Å². The largest absolute Gasteiger partial charge is 0.461 e. The minimum Gasteiger partial charge on any atom is -0.461 e. The molecule has 2 heterocycles. The third-order valence-corrected chi connectivity index (χ3v) is 6.00. The van der Waals surface area contributed by atoms with E-state index in [1.165, 1.54) is 18.4 Å². The van der Waals surface area contributed by atoms with Crippen LogP contribution < -0.4 is 5.32 Å². The summed E-state index contributed by atoms with van der Waals surface area (Å²) in [5.41, 5.74) is 0.959.